The molecule has 0 unspecified atom stereocenters. The number of amides is 2. The molecule has 0 radical (unpaired) electrons. The van der Waals surface area contributed by atoms with Crippen molar-refractivity contribution in [2.24, 2.45) is 0 Å². The Kier molecular flexibility index (Phi) is 6.61. The Balaban J connectivity index is 1.36. The molecule has 1 saturated heterocycles. The van der Waals surface area contributed by atoms with Crippen LogP contribution in [0.4, 0.5) is 9.18 Å². The Labute approximate surface area is 210 Å². The molecule has 5 rings (SSSR count). The molecule has 1 aliphatic rings. The maximum absolute atomic E-state index is 14.2. The number of para-hydroxylation sites is 2. The number of ether oxygens (including phenoxy) is 1. The summed E-state index contributed by atoms with van der Waals surface area (Å²) in [7, 11) is 0. The summed E-state index contributed by atoms with van der Waals surface area (Å²) in [5.74, 6) is -0.139. The van der Waals surface area contributed by atoms with E-state index in [1.807, 2.05) is 35.0 Å². The Morgan fingerprint density at radius 2 is 1.71 bits per heavy atom. The minimum atomic E-state index is -0.367. The molecule has 0 saturated carbocycles. The molecule has 2 heterocycles. The Morgan fingerprint density at radius 3 is 2.54 bits per heavy atom. The third-order valence-corrected chi connectivity index (χ3v) is 6.91. The van der Waals surface area contributed by atoms with E-state index in [-0.39, 0.29) is 30.1 Å². The highest BCUT2D eigenvalue weighted by Gasteiger charge is 2.35. The number of imide groups is 1. The van der Waals surface area contributed by atoms with Crippen LogP contribution in [0.5, 0.6) is 5.75 Å². The maximum Gasteiger partial charge on any atom is 0.293 e. The Bertz CT molecular complexity index is 1470. The van der Waals surface area contributed by atoms with Crippen LogP contribution in [0.2, 0.25) is 5.02 Å². The third-order valence-electron chi connectivity index (χ3n) is 5.69. The minimum Gasteiger partial charge on any atom is -0.490 e. The second-order valence-corrected chi connectivity index (χ2v) is 9.33. The average molecular weight is 507 g/mol. The standard InChI is InChI=1S/C27H20ClFN2O3S/c28-21-9-3-6-12-24(21)34-14-13-31-26(32)25(35-27(31)33)15-19-17-30(23-11-5-2-8-20(19)23)16-18-7-1-4-10-22(18)29/h1-12,15,17H,13-14,16H2/b25-15-. The van der Waals surface area contributed by atoms with Gasteiger partial charge < -0.3 is 9.30 Å². The van der Waals surface area contributed by atoms with E-state index >= 15 is 0 Å². The first kappa shape index (κ1) is 23.2. The van der Waals surface area contributed by atoms with Crippen LogP contribution in [-0.2, 0) is 11.3 Å². The van der Waals surface area contributed by atoms with Gasteiger partial charge >= 0.3 is 0 Å². The van der Waals surface area contributed by atoms with Gasteiger partial charge in [0, 0.05) is 28.2 Å². The summed E-state index contributed by atoms with van der Waals surface area (Å²) < 4.78 is 21.8. The third kappa shape index (κ3) is 4.83. The van der Waals surface area contributed by atoms with E-state index in [0.29, 0.717) is 27.8 Å². The predicted octanol–water partition coefficient (Wildman–Crippen LogP) is 6.60. The molecule has 1 aliphatic heterocycles. The van der Waals surface area contributed by atoms with Crippen molar-refractivity contribution in [3.8, 4) is 5.75 Å². The first-order valence-corrected chi connectivity index (χ1v) is 12.1. The van der Waals surface area contributed by atoms with Gasteiger partial charge in [0.1, 0.15) is 18.2 Å². The summed E-state index contributed by atoms with van der Waals surface area (Å²) >= 11 is 6.99. The number of rotatable bonds is 7. The molecular formula is C27H20ClFN2O3S. The lowest BCUT2D eigenvalue weighted by molar-refractivity contribution is -0.123. The van der Waals surface area contributed by atoms with E-state index in [2.05, 4.69) is 0 Å². The van der Waals surface area contributed by atoms with Gasteiger partial charge in [-0.3, -0.25) is 14.5 Å². The lowest BCUT2D eigenvalue weighted by Gasteiger charge is -2.13. The van der Waals surface area contributed by atoms with Crippen molar-refractivity contribution >= 4 is 51.5 Å². The van der Waals surface area contributed by atoms with E-state index in [4.69, 9.17) is 16.3 Å². The van der Waals surface area contributed by atoms with Crippen LogP contribution in [0.15, 0.2) is 83.9 Å². The molecule has 176 valence electrons. The number of aromatic nitrogens is 1. The summed E-state index contributed by atoms with van der Waals surface area (Å²) in [5, 5.41) is 1.03. The van der Waals surface area contributed by atoms with Gasteiger partial charge in [-0.1, -0.05) is 60.1 Å². The van der Waals surface area contributed by atoms with Gasteiger partial charge in [0.15, 0.2) is 0 Å². The predicted molar refractivity (Wildman–Crippen MR) is 137 cm³/mol. The molecule has 0 spiro atoms. The van der Waals surface area contributed by atoms with Crippen molar-refractivity contribution in [2.45, 2.75) is 6.54 Å². The number of carbonyl (C=O) groups is 2. The highest BCUT2D eigenvalue weighted by atomic mass is 35.5. The Hall–Kier alpha value is -3.55. The summed E-state index contributed by atoms with van der Waals surface area (Å²) in [5.41, 5.74) is 2.27. The summed E-state index contributed by atoms with van der Waals surface area (Å²) in [4.78, 5) is 27.0. The molecule has 0 bridgehead atoms. The summed E-state index contributed by atoms with van der Waals surface area (Å²) in [6.45, 7) is 0.598. The van der Waals surface area contributed by atoms with Crippen molar-refractivity contribution in [3.05, 3.63) is 106 Å². The number of nitrogens with zero attached hydrogens (tertiary/aromatic N) is 2. The van der Waals surface area contributed by atoms with Crippen LogP contribution < -0.4 is 4.74 Å². The first-order chi connectivity index (χ1) is 17.0. The highest BCUT2D eigenvalue weighted by Crippen LogP contribution is 2.34. The van der Waals surface area contributed by atoms with Crippen LogP contribution in [0.1, 0.15) is 11.1 Å². The molecule has 0 aliphatic carbocycles. The van der Waals surface area contributed by atoms with Gasteiger partial charge in [0.25, 0.3) is 11.1 Å². The monoisotopic (exact) mass is 506 g/mol. The smallest absolute Gasteiger partial charge is 0.293 e. The molecule has 35 heavy (non-hydrogen) atoms. The van der Waals surface area contributed by atoms with Crippen molar-refractivity contribution in [2.75, 3.05) is 13.2 Å². The van der Waals surface area contributed by atoms with E-state index < -0.39 is 0 Å². The van der Waals surface area contributed by atoms with Crippen molar-refractivity contribution in [1.29, 1.82) is 0 Å². The van der Waals surface area contributed by atoms with Crippen LogP contribution in [0, 0.1) is 5.82 Å². The van der Waals surface area contributed by atoms with Crippen LogP contribution in [0.3, 0.4) is 0 Å². The first-order valence-electron chi connectivity index (χ1n) is 11.0. The zero-order valence-electron chi connectivity index (χ0n) is 18.5. The topological polar surface area (TPSA) is 51.5 Å². The highest BCUT2D eigenvalue weighted by molar-refractivity contribution is 8.18. The molecule has 1 aromatic heterocycles. The van der Waals surface area contributed by atoms with E-state index in [0.717, 1.165) is 28.2 Å². The van der Waals surface area contributed by atoms with Crippen molar-refractivity contribution in [3.63, 3.8) is 0 Å². The summed E-state index contributed by atoms with van der Waals surface area (Å²) in [6.07, 6.45) is 3.60. The zero-order chi connectivity index (χ0) is 24.4. The van der Waals surface area contributed by atoms with Crippen molar-refractivity contribution in [1.82, 2.24) is 9.47 Å². The molecule has 3 aromatic carbocycles. The van der Waals surface area contributed by atoms with Gasteiger partial charge in [-0.05, 0) is 42.1 Å². The number of carbonyl (C=O) groups excluding carboxylic acids is 2. The zero-order valence-corrected chi connectivity index (χ0v) is 20.1. The molecule has 5 nitrogen and oxygen atoms in total. The van der Waals surface area contributed by atoms with E-state index in [9.17, 15) is 14.0 Å². The quantitative estimate of drug-likeness (QED) is 0.265. The van der Waals surface area contributed by atoms with E-state index in [1.54, 1.807) is 48.5 Å². The fourth-order valence-electron chi connectivity index (χ4n) is 3.97. The van der Waals surface area contributed by atoms with Gasteiger partial charge in [-0.15, -0.1) is 0 Å². The molecule has 4 aromatic rings. The SMILES string of the molecule is O=C1S/C(=C\c2cn(Cc3ccccc3F)c3ccccc23)C(=O)N1CCOc1ccccc1Cl. The lowest BCUT2D eigenvalue weighted by atomic mass is 10.1. The summed E-state index contributed by atoms with van der Waals surface area (Å²) in [6, 6.07) is 21.4. The largest absolute Gasteiger partial charge is 0.490 e. The minimum absolute atomic E-state index is 0.113. The number of fused-ring (bicyclic) bond motifs is 1. The number of hydrogen-bond donors (Lipinski definition) is 0. The normalized spacial score (nSPS) is 14.9. The van der Waals surface area contributed by atoms with Gasteiger partial charge in [0.05, 0.1) is 23.0 Å². The van der Waals surface area contributed by atoms with Crippen LogP contribution in [-0.4, -0.2) is 33.8 Å². The van der Waals surface area contributed by atoms with Crippen LogP contribution >= 0.6 is 23.4 Å². The number of benzene rings is 3. The van der Waals surface area contributed by atoms with Crippen LogP contribution in [0.25, 0.3) is 17.0 Å². The second-order valence-electron chi connectivity index (χ2n) is 7.93. The molecule has 0 N–H and O–H groups in total. The number of thioether (sulfide) groups is 1. The van der Waals surface area contributed by atoms with Gasteiger partial charge in [-0.25, -0.2) is 4.39 Å². The average Bonchev–Trinajstić information content (AvgIpc) is 3.33. The number of hydrogen-bond acceptors (Lipinski definition) is 4. The van der Waals surface area contributed by atoms with Gasteiger partial charge in [0.2, 0.25) is 0 Å². The van der Waals surface area contributed by atoms with Crippen molar-refractivity contribution < 1.29 is 18.7 Å². The molecule has 2 amide bonds. The fraction of sp³-hybridized carbons (Fsp3) is 0.111. The fourth-order valence-corrected chi connectivity index (χ4v) is 5.02. The lowest BCUT2D eigenvalue weighted by Crippen LogP contribution is -2.32. The molecule has 0 atom stereocenters. The Morgan fingerprint density at radius 1 is 0.971 bits per heavy atom. The van der Waals surface area contributed by atoms with E-state index in [1.165, 1.54) is 11.0 Å². The molecule has 1 fully saturated rings. The second kappa shape index (κ2) is 9.98. The molecule has 8 heteroatoms. The van der Waals surface area contributed by atoms with Gasteiger partial charge in [-0.2, -0.15) is 0 Å². The maximum atomic E-state index is 14.2. The molecular weight excluding hydrogens is 487 g/mol. The number of halogens is 2.